The molecule has 3 aromatic rings. The van der Waals surface area contributed by atoms with E-state index in [9.17, 15) is 4.79 Å². The van der Waals surface area contributed by atoms with Crippen molar-refractivity contribution < 1.29 is 4.79 Å². The molecule has 2 aromatic carbocycles. The molecule has 23 heavy (non-hydrogen) atoms. The monoisotopic (exact) mass is 302 g/mol. The number of carbonyl (C=O) groups excluding carboxylic acids is 1. The number of aryl methyl sites for hydroxylation is 1. The average molecular weight is 302 g/mol. The van der Waals surface area contributed by atoms with Crippen LogP contribution in [0.15, 0.2) is 54.7 Å². The number of nitrogens with zero attached hydrogens (tertiary/aromatic N) is 1. The van der Waals surface area contributed by atoms with Gasteiger partial charge in [0.15, 0.2) is 0 Å². The topological polar surface area (TPSA) is 42.0 Å². The lowest BCUT2D eigenvalue weighted by atomic mass is 10.0. The number of amides is 1. The Labute approximate surface area is 135 Å². The van der Waals surface area contributed by atoms with Crippen molar-refractivity contribution in [1.82, 2.24) is 4.98 Å². The summed E-state index contributed by atoms with van der Waals surface area (Å²) in [5.41, 5.74) is 4.75. The predicted molar refractivity (Wildman–Crippen MR) is 92.9 cm³/mol. The van der Waals surface area contributed by atoms with E-state index in [2.05, 4.69) is 22.4 Å². The van der Waals surface area contributed by atoms with Gasteiger partial charge in [-0.05, 0) is 55.0 Å². The predicted octanol–water partition coefficient (Wildman–Crippen LogP) is 4.67. The Balaban J connectivity index is 1.58. The van der Waals surface area contributed by atoms with E-state index in [1.165, 1.54) is 18.4 Å². The smallest absolute Gasteiger partial charge is 0.255 e. The molecule has 1 aliphatic rings. The molecular weight excluding hydrogens is 284 g/mol. The molecule has 3 nitrogen and oxygen atoms in total. The molecule has 1 amide bonds. The van der Waals surface area contributed by atoms with Crippen LogP contribution in [0.4, 0.5) is 5.69 Å². The van der Waals surface area contributed by atoms with E-state index in [1.54, 1.807) is 6.20 Å². The molecule has 1 aromatic heterocycles. The van der Waals surface area contributed by atoms with Gasteiger partial charge in [-0.3, -0.25) is 9.78 Å². The van der Waals surface area contributed by atoms with E-state index < -0.39 is 0 Å². The Hall–Kier alpha value is -2.68. The Kier molecular flexibility index (Phi) is 3.34. The Bertz CT molecular complexity index is 897. The van der Waals surface area contributed by atoms with E-state index >= 15 is 0 Å². The van der Waals surface area contributed by atoms with Crippen molar-refractivity contribution in [3.63, 3.8) is 0 Å². The van der Waals surface area contributed by atoms with Crippen molar-refractivity contribution >= 4 is 22.5 Å². The van der Waals surface area contributed by atoms with Gasteiger partial charge in [0.2, 0.25) is 0 Å². The Morgan fingerprint density at radius 3 is 2.74 bits per heavy atom. The second-order valence-corrected chi connectivity index (χ2v) is 6.22. The third kappa shape index (κ3) is 2.82. The summed E-state index contributed by atoms with van der Waals surface area (Å²) in [6.45, 7) is 2.00. The molecule has 0 spiro atoms. The van der Waals surface area contributed by atoms with Gasteiger partial charge in [0.1, 0.15) is 0 Å². The molecular formula is C20H18N2O. The summed E-state index contributed by atoms with van der Waals surface area (Å²) in [5, 5.41) is 3.97. The lowest BCUT2D eigenvalue weighted by Crippen LogP contribution is -2.13. The van der Waals surface area contributed by atoms with Crippen LogP contribution >= 0.6 is 0 Å². The number of hydrogen-bond donors (Lipinski definition) is 1. The zero-order valence-electron chi connectivity index (χ0n) is 13.0. The number of pyridine rings is 1. The maximum Gasteiger partial charge on any atom is 0.255 e. The van der Waals surface area contributed by atoms with Crippen LogP contribution in [0.1, 0.15) is 40.2 Å². The third-order valence-electron chi connectivity index (χ3n) is 4.39. The molecule has 0 aliphatic heterocycles. The maximum absolute atomic E-state index is 12.5. The van der Waals surface area contributed by atoms with E-state index in [0.717, 1.165) is 27.7 Å². The summed E-state index contributed by atoms with van der Waals surface area (Å²) in [5.74, 6) is 0.623. The zero-order valence-corrected chi connectivity index (χ0v) is 13.0. The average Bonchev–Trinajstić information content (AvgIpc) is 3.39. The maximum atomic E-state index is 12.5. The van der Waals surface area contributed by atoms with Crippen molar-refractivity contribution in [2.45, 2.75) is 25.7 Å². The minimum atomic E-state index is -0.0815. The highest BCUT2D eigenvalue weighted by atomic mass is 16.1. The van der Waals surface area contributed by atoms with Crippen LogP contribution in [0, 0.1) is 6.92 Å². The minimum absolute atomic E-state index is 0.0815. The first kappa shape index (κ1) is 13.9. The Morgan fingerprint density at radius 2 is 1.96 bits per heavy atom. The molecule has 0 unspecified atom stereocenters. The van der Waals surface area contributed by atoms with E-state index in [1.807, 2.05) is 43.3 Å². The van der Waals surface area contributed by atoms with Crippen LogP contribution in [-0.4, -0.2) is 10.9 Å². The van der Waals surface area contributed by atoms with Gasteiger partial charge in [-0.2, -0.15) is 0 Å². The number of para-hydroxylation sites is 1. The van der Waals surface area contributed by atoms with E-state index in [0.29, 0.717) is 5.92 Å². The molecule has 1 heterocycles. The van der Waals surface area contributed by atoms with Crippen LogP contribution in [0.3, 0.4) is 0 Å². The summed E-state index contributed by atoms with van der Waals surface area (Å²) in [6, 6.07) is 16.0. The van der Waals surface area contributed by atoms with Crippen molar-refractivity contribution in [1.29, 1.82) is 0 Å². The number of benzene rings is 2. The number of rotatable bonds is 3. The zero-order chi connectivity index (χ0) is 15.8. The van der Waals surface area contributed by atoms with Crippen LogP contribution in [0.25, 0.3) is 10.9 Å². The summed E-state index contributed by atoms with van der Waals surface area (Å²) < 4.78 is 0. The van der Waals surface area contributed by atoms with Gasteiger partial charge < -0.3 is 5.32 Å². The van der Waals surface area contributed by atoms with Gasteiger partial charge in [0, 0.05) is 10.9 Å². The molecule has 0 atom stereocenters. The molecule has 0 saturated heterocycles. The van der Waals surface area contributed by atoms with Gasteiger partial charge >= 0.3 is 0 Å². The first-order chi connectivity index (χ1) is 11.2. The first-order valence-corrected chi connectivity index (χ1v) is 7.97. The quantitative estimate of drug-likeness (QED) is 0.763. The number of fused-ring (bicyclic) bond motifs is 1. The van der Waals surface area contributed by atoms with Crippen LogP contribution < -0.4 is 5.32 Å². The number of nitrogens with one attached hydrogen (secondary N) is 1. The summed E-state index contributed by atoms with van der Waals surface area (Å²) in [7, 11) is 0. The number of carbonyl (C=O) groups is 1. The molecule has 1 aliphatic carbocycles. The highest BCUT2D eigenvalue weighted by molar-refractivity contribution is 6.05. The fraction of sp³-hybridized carbons (Fsp3) is 0.200. The number of aromatic nitrogens is 1. The van der Waals surface area contributed by atoms with Crippen molar-refractivity contribution in [2.24, 2.45) is 0 Å². The minimum Gasteiger partial charge on any atom is -0.321 e. The van der Waals surface area contributed by atoms with Crippen LogP contribution in [0.5, 0.6) is 0 Å². The van der Waals surface area contributed by atoms with Gasteiger partial charge in [0.05, 0.1) is 17.4 Å². The molecule has 3 heteroatoms. The molecule has 1 saturated carbocycles. The van der Waals surface area contributed by atoms with E-state index in [-0.39, 0.29) is 5.91 Å². The van der Waals surface area contributed by atoms with Crippen molar-refractivity contribution in [3.05, 3.63) is 71.4 Å². The fourth-order valence-electron chi connectivity index (χ4n) is 2.95. The molecule has 114 valence electrons. The first-order valence-electron chi connectivity index (χ1n) is 7.97. The fourth-order valence-corrected chi connectivity index (χ4v) is 2.95. The lowest BCUT2D eigenvalue weighted by molar-refractivity contribution is 0.102. The normalized spacial score (nSPS) is 14.0. The van der Waals surface area contributed by atoms with Crippen molar-refractivity contribution in [3.8, 4) is 0 Å². The summed E-state index contributed by atoms with van der Waals surface area (Å²) >= 11 is 0. The number of hydrogen-bond acceptors (Lipinski definition) is 2. The molecule has 1 fully saturated rings. The number of anilines is 1. The van der Waals surface area contributed by atoms with E-state index in [4.69, 9.17) is 0 Å². The van der Waals surface area contributed by atoms with Gasteiger partial charge in [0.25, 0.3) is 5.91 Å². The summed E-state index contributed by atoms with van der Waals surface area (Å²) in [4.78, 5) is 16.9. The second-order valence-electron chi connectivity index (χ2n) is 6.22. The molecule has 1 N–H and O–H groups in total. The van der Waals surface area contributed by atoms with Gasteiger partial charge in [-0.1, -0.05) is 30.3 Å². The molecule has 0 radical (unpaired) electrons. The highest BCUT2D eigenvalue weighted by Gasteiger charge is 2.24. The standard InChI is InChI=1S/C20H18N2O/c1-13-10-15(14-6-7-14)8-9-18(13)20(23)22-17-11-16-4-2-3-5-19(16)21-12-17/h2-5,8-12,14H,6-7H2,1H3,(H,22,23). The molecule has 4 rings (SSSR count). The highest BCUT2D eigenvalue weighted by Crippen LogP contribution is 2.40. The second kappa shape index (κ2) is 5.51. The van der Waals surface area contributed by atoms with Gasteiger partial charge in [-0.15, -0.1) is 0 Å². The van der Waals surface area contributed by atoms with Gasteiger partial charge in [-0.25, -0.2) is 0 Å². The molecule has 0 bridgehead atoms. The van der Waals surface area contributed by atoms with Crippen LogP contribution in [0.2, 0.25) is 0 Å². The van der Waals surface area contributed by atoms with Crippen LogP contribution in [-0.2, 0) is 0 Å². The SMILES string of the molecule is Cc1cc(C2CC2)ccc1C(=O)Nc1cnc2ccccc2c1. The lowest BCUT2D eigenvalue weighted by Gasteiger charge is -2.10. The Morgan fingerprint density at radius 1 is 1.13 bits per heavy atom. The largest absolute Gasteiger partial charge is 0.321 e. The summed E-state index contributed by atoms with van der Waals surface area (Å²) in [6.07, 6.45) is 4.25. The third-order valence-corrected chi connectivity index (χ3v) is 4.39. The van der Waals surface area contributed by atoms with Crippen molar-refractivity contribution in [2.75, 3.05) is 5.32 Å².